The van der Waals surface area contributed by atoms with E-state index in [1.807, 2.05) is 0 Å². The third kappa shape index (κ3) is 5.03. The van der Waals surface area contributed by atoms with Gasteiger partial charge in [-0.05, 0) is 61.7 Å². The van der Waals surface area contributed by atoms with Crippen LogP contribution in [0.5, 0.6) is 0 Å². The maximum Gasteiger partial charge on any atom is 0.302 e. The van der Waals surface area contributed by atoms with Crippen LogP contribution in [0.2, 0.25) is 0 Å². The number of aliphatic hydroxyl groups is 2. The summed E-state index contributed by atoms with van der Waals surface area (Å²) < 4.78 is 11.6. The van der Waals surface area contributed by atoms with Gasteiger partial charge in [0, 0.05) is 37.0 Å². The van der Waals surface area contributed by atoms with Crippen LogP contribution in [-0.2, 0) is 19.1 Å². The lowest BCUT2D eigenvalue weighted by Crippen LogP contribution is -2.62. The number of rotatable bonds is 7. The Balaban J connectivity index is 1.72. The van der Waals surface area contributed by atoms with Gasteiger partial charge >= 0.3 is 11.9 Å². The average molecular weight is 529 g/mol. The van der Waals surface area contributed by atoms with E-state index in [1.54, 1.807) is 0 Å². The Kier molecular flexibility index (Phi) is 8.36. The Morgan fingerprint density at radius 3 is 2.53 bits per heavy atom. The molecule has 0 radical (unpaired) electrons. The maximum absolute atomic E-state index is 12.1. The number of carbonyl (C=O) groups is 2. The standard InChI is InChI=1S/C32H48O6/c1-18(2)19(3)8-9-20(4)26-12-13-27-25-11-10-23-14-24(35)15-29(38-22(6)34)31(23,7)30(25)28(36)16-32(26,27)17-37-21(5)33/h8-10,18,20,24-30,35-36H,3,11-17H2,1-2,4-7H3/b9-8+/t20-,24-,25+,26-,27+,28-,29+,30-,31-,32+/m1/s1. The first-order valence-corrected chi connectivity index (χ1v) is 14.5. The van der Waals surface area contributed by atoms with Gasteiger partial charge in [-0.25, -0.2) is 0 Å². The molecular formula is C32H48O6. The minimum absolute atomic E-state index is 0.0832. The highest BCUT2D eigenvalue weighted by atomic mass is 16.5. The van der Waals surface area contributed by atoms with Gasteiger partial charge < -0.3 is 19.7 Å². The zero-order valence-corrected chi connectivity index (χ0v) is 24.1. The smallest absolute Gasteiger partial charge is 0.302 e. The number of carbonyl (C=O) groups excluding carboxylic acids is 2. The van der Waals surface area contributed by atoms with E-state index in [1.165, 1.54) is 13.8 Å². The lowest BCUT2D eigenvalue weighted by molar-refractivity contribution is -0.191. The summed E-state index contributed by atoms with van der Waals surface area (Å²) in [6.07, 6.45) is 9.33. The third-order valence-corrected chi connectivity index (χ3v) is 10.7. The first kappa shape index (κ1) is 29.1. The molecular weight excluding hydrogens is 480 g/mol. The second-order valence-corrected chi connectivity index (χ2v) is 13.2. The Morgan fingerprint density at radius 1 is 1.18 bits per heavy atom. The quantitative estimate of drug-likeness (QED) is 0.262. The van der Waals surface area contributed by atoms with E-state index >= 15 is 0 Å². The molecule has 3 fully saturated rings. The monoisotopic (exact) mass is 528 g/mol. The van der Waals surface area contributed by atoms with Crippen LogP contribution in [0.25, 0.3) is 0 Å². The molecule has 0 aromatic heterocycles. The topological polar surface area (TPSA) is 93.1 Å². The summed E-state index contributed by atoms with van der Waals surface area (Å²) in [5.74, 6) is 0.641. The molecule has 6 nitrogen and oxygen atoms in total. The van der Waals surface area contributed by atoms with Gasteiger partial charge in [0.2, 0.25) is 0 Å². The fourth-order valence-corrected chi connectivity index (χ4v) is 8.89. The molecule has 0 amide bonds. The van der Waals surface area contributed by atoms with Crippen LogP contribution in [0, 0.1) is 46.3 Å². The number of hydrogen-bond donors (Lipinski definition) is 2. The highest BCUT2D eigenvalue weighted by Crippen LogP contribution is 2.67. The van der Waals surface area contributed by atoms with Crippen molar-refractivity contribution in [3.8, 4) is 0 Å². The molecule has 4 rings (SSSR count). The summed E-state index contributed by atoms with van der Waals surface area (Å²) >= 11 is 0. The van der Waals surface area contributed by atoms with Crippen molar-refractivity contribution in [1.29, 1.82) is 0 Å². The molecule has 0 saturated heterocycles. The van der Waals surface area contributed by atoms with Gasteiger partial charge in [0.25, 0.3) is 0 Å². The number of esters is 2. The van der Waals surface area contributed by atoms with Crippen molar-refractivity contribution in [2.75, 3.05) is 6.61 Å². The summed E-state index contributed by atoms with van der Waals surface area (Å²) in [6, 6.07) is 0. The molecule has 3 saturated carbocycles. The van der Waals surface area contributed by atoms with E-state index in [0.29, 0.717) is 31.8 Å². The molecule has 38 heavy (non-hydrogen) atoms. The van der Waals surface area contributed by atoms with E-state index in [4.69, 9.17) is 9.47 Å². The summed E-state index contributed by atoms with van der Waals surface area (Å²) in [5.41, 5.74) is 1.35. The Bertz CT molecular complexity index is 996. The van der Waals surface area contributed by atoms with Gasteiger partial charge in [0.1, 0.15) is 6.10 Å². The number of hydrogen-bond acceptors (Lipinski definition) is 6. The second kappa shape index (κ2) is 10.9. The minimum atomic E-state index is -0.629. The predicted molar refractivity (Wildman–Crippen MR) is 147 cm³/mol. The molecule has 6 heteroatoms. The van der Waals surface area contributed by atoms with Crippen LogP contribution in [0.3, 0.4) is 0 Å². The van der Waals surface area contributed by atoms with E-state index in [2.05, 4.69) is 52.5 Å². The molecule has 0 aromatic carbocycles. The van der Waals surface area contributed by atoms with Crippen molar-refractivity contribution in [1.82, 2.24) is 0 Å². The van der Waals surface area contributed by atoms with Crippen molar-refractivity contribution >= 4 is 11.9 Å². The molecule has 0 bridgehead atoms. The van der Waals surface area contributed by atoms with Gasteiger partial charge in [-0.15, -0.1) is 0 Å². The highest BCUT2D eigenvalue weighted by Gasteiger charge is 2.66. The molecule has 0 unspecified atom stereocenters. The molecule has 212 valence electrons. The SMILES string of the molecule is C=C(/C=C/[C@@H](C)[C@H]1CC[C@H]2[C@@H]3CC=C4C[C@@H](O)C[C@H](OC(C)=O)[C@]4(C)[C@H]3[C@H](O)C[C@]12COC(C)=O)C(C)C. The number of ether oxygens (including phenoxy) is 2. The number of allylic oxidation sites excluding steroid dienone is 4. The lowest BCUT2D eigenvalue weighted by atomic mass is 9.45. The first-order chi connectivity index (χ1) is 17.8. The fourth-order valence-electron chi connectivity index (χ4n) is 8.89. The Morgan fingerprint density at radius 2 is 1.89 bits per heavy atom. The molecule has 0 spiro atoms. The largest absolute Gasteiger partial charge is 0.465 e. The summed E-state index contributed by atoms with van der Waals surface area (Å²) in [6.45, 7) is 16.0. The minimum Gasteiger partial charge on any atom is -0.465 e. The fraction of sp³-hybridized carbons (Fsp3) is 0.750. The van der Waals surface area contributed by atoms with Gasteiger partial charge in [-0.3, -0.25) is 9.59 Å². The van der Waals surface area contributed by atoms with Crippen molar-refractivity contribution < 1.29 is 29.3 Å². The van der Waals surface area contributed by atoms with E-state index in [-0.39, 0.29) is 46.9 Å². The van der Waals surface area contributed by atoms with Crippen LogP contribution in [-0.4, -0.2) is 47.1 Å². The molecule has 10 atom stereocenters. The Labute approximate surface area is 228 Å². The van der Waals surface area contributed by atoms with Crippen LogP contribution >= 0.6 is 0 Å². The van der Waals surface area contributed by atoms with Crippen LogP contribution < -0.4 is 0 Å². The number of aliphatic hydroxyl groups excluding tert-OH is 2. The van der Waals surface area contributed by atoms with E-state index < -0.39 is 23.7 Å². The van der Waals surface area contributed by atoms with Gasteiger partial charge in [-0.2, -0.15) is 0 Å². The Hall–Kier alpha value is -1.92. The highest BCUT2D eigenvalue weighted by molar-refractivity contribution is 5.66. The number of fused-ring (bicyclic) bond motifs is 5. The van der Waals surface area contributed by atoms with Crippen molar-refractivity contribution in [2.45, 2.75) is 98.4 Å². The van der Waals surface area contributed by atoms with Crippen LogP contribution in [0.4, 0.5) is 0 Å². The first-order valence-electron chi connectivity index (χ1n) is 14.5. The van der Waals surface area contributed by atoms with E-state index in [0.717, 1.165) is 30.4 Å². The average Bonchev–Trinajstić information content (AvgIpc) is 3.20. The van der Waals surface area contributed by atoms with Crippen molar-refractivity contribution in [2.24, 2.45) is 46.3 Å². The van der Waals surface area contributed by atoms with Crippen molar-refractivity contribution in [3.05, 3.63) is 36.0 Å². The van der Waals surface area contributed by atoms with Crippen LogP contribution in [0.15, 0.2) is 36.0 Å². The normalized spacial score (nSPS) is 41.1. The predicted octanol–water partition coefficient (Wildman–Crippen LogP) is 5.39. The summed E-state index contributed by atoms with van der Waals surface area (Å²) in [7, 11) is 0. The maximum atomic E-state index is 12.1. The summed E-state index contributed by atoms with van der Waals surface area (Å²) in [4.78, 5) is 24.1. The van der Waals surface area contributed by atoms with Gasteiger partial charge in [0.05, 0.1) is 18.8 Å². The molecule has 4 aliphatic carbocycles. The lowest BCUT2D eigenvalue weighted by Gasteiger charge is -2.61. The van der Waals surface area contributed by atoms with E-state index in [9.17, 15) is 19.8 Å². The molecule has 4 aliphatic rings. The van der Waals surface area contributed by atoms with Crippen LogP contribution in [0.1, 0.15) is 80.1 Å². The molecule has 2 N–H and O–H groups in total. The molecule has 0 aliphatic heterocycles. The zero-order valence-electron chi connectivity index (χ0n) is 24.1. The third-order valence-electron chi connectivity index (χ3n) is 10.7. The second-order valence-electron chi connectivity index (χ2n) is 13.2. The van der Waals surface area contributed by atoms with Crippen molar-refractivity contribution in [3.63, 3.8) is 0 Å². The molecule has 0 heterocycles. The van der Waals surface area contributed by atoms with Gasteiger partial charge in [0.15, 0.2) is 0 Å². The zero-order chi connectivity index (χ0) is 28.0. The van der Waals surface area contributed by atoms with Gasteiger partial charge in [-0.1, -0.05) is 63.6 Å². The summed E-state index contributed by atoms with van der Waals surface area (Å²) in [5, 5.41) is 22.6. The molecule has 0 aromatic rings.